The van der Waals surface area contributed by atoms with Crippen LogP contribution in [-0.2, 0) is 22.4 Å². The van der Waals surface area contributed by atoms with E-state index >= 15 is 0 Å². The third kappa shape index (κ3) is 3.40. The lowest BCUT2D eigenvalue weighted by molar-refractivity contribution is -0.121. The Hall–Kier alpha value is -1.36. The molecule has 3 aliphatic carbocycles. The maximum Gasteiger partial charge on any atom is 0.341 e. The number of esters is 1. The molecule has 2 bridgehead atoms. The zero-order valence-electron chi connectivity index (χ0n) is 17.6. The van der Waals surface area contributed by atoms with Gasteiger partial charge in [0.1, 0.15) is 5.00 Å². The molecule has 4 rings (SSSR count). The van der Waals surface area contributed by atoms with Crippen molar-refractivity contribution in [3.05, 3.63) is 16.0 Å². The van der Waals surface area contributed by atoms with Crippen LogP contribution in [0, 0.1) is 29.1 Å². The molecule has 0 radical (unpaired) electrons. The zero-order chi connectivity index (χ0) is 20.1. The first kappa shape index (κ1) is 19.9. The predicted molar refractivity (Wildman–Crippen MR) is 113 cm³/mol. The van der Waals surface area contributed by atoms with Gasteiger partial charge < -0.3 is 10.1 Å². The van der Waals surface area contributed by atoms with Gasteiger partial charge >= 0.3 is 5.97 Å². The van der Waals surface area contributed by atoms with Gasteiger partial charge in [0.2, 0.25) is 5.91 Å². The molecule has 0 spiro atoms. The quantitative estimate of drug-likeness (QED) is 0.665. The number of anilines is 1. The first-order valence-electron chi connectivity index (χ1n) is 10.9. The Labute approximate surface area is 172 Å². The highest BCUT2D eigenvalue weighted by Crippen LogP contribution is 2.50. The van der Waals surface area contributed by atoms with Gasteiger partial charge in [-0.2, -0.15) is 0 Å². The Morgan fingerprint density at radius 3 is 2.61 bits per heavy atom. The minimum atomic E-state index is -0.311. The van der Waals surface area contributed by atoms with E-state index in [4.69, 9.17) is 4.74 Å². The number of carbonyl (C=O) groups excluding carboxylic acids is 2. The van der Waals surface area contributed by atoms with Crippen molar-refractivity contribution in [1.82, 2.24) is 0 Å². The number of thiophene rings is 1. The predicted octanol–water partition coefficient (Wildman–Crippen LogP) is 5.45. The summed E-state index contributed by atoms with van der Waals surface area (Å²) in [4.78, 5) is 26.8. The molecule has 2 saturated carbocycles. The highest BCUT2D eigenvalue weighted by atomic mass is 32.1. The molecule has 5 heteroatoms. The molecule has 1 amide bonds. The second-order valence-corrected chi connectivity index (χ2v) is 10.9. The SMILES string of the molecule is CCC(C)(C)[C@H]1CCc2c(sc(NC(=O)[C@@H]3C[C@H]4CC[C@H]3C4)c2C(=O)OC)C1. The summed E-state index contributed by atoms with van der Waals surface area (Å²) in [7, 11) is 1.43. The van der Waals surface area contributed by atoms with Crippen LogP contribution in [0.4, 0.5) is 5.00 Å². The van der Waals surface area contributed by atoms with Gasteiger partial charge in [-0.1, -0.05) is 33.6 Å². The van der Waals surface area contributed by atoms with Crippen molar-refractivity contribution in [1.29, 1.82) is 0 Å². The fourth-order valence-electron chi connectivity index (χ4n) is 5.72. The second-order valence-electron chi connectivity index (χ2n) is 9.75. The first-order chi connectivity index (χ1) is 13.3. The monoisotopic (exact) mass is 403 g/mol. The topological polar surface area (TPSA) is 55.4 Å². The summed E-state index contributed by atoms with van der Waals surface area (Å²) in [6.45, 7) is 6.94. The number of hydrogen-bond acceptors (Lipinski definition) is 4. The lowest BCUT2D eigenvalue weighted by atomic mass is 9.69. The minimum Gasteiger partial charge on any atom is -0.465 e. The molecule has 0 aromatic carbocycles. The Kier molecular flexibility index (Phi) is 5.32. The summed E-state index contributed by atoms with van der Waals surface area (Å²) >= 11 is 1.61. The van der Waals surface area contributed by atoms with Crippen molar-refractivity contribution >= 4 is 28.2 Å². The highest BCUT2D eigenvalue weighted by Gasteiger charge is 2.43. The van der Waals surface area contributed by atoms with Crippen LogP contribution in [-0.4, -0.2) is 19.0 Å². The Morgan fingerprint density at radius 2 is 2.00 bits per heavy atom. The number of fused-ring (bicyclic) bond motifs is 3. The van der Waals surface area contributed by atoms with E-state index in [2.05, 4.69) is 26.1 Å². The Balaban J connectivity index is 1.59. The van der Waals surface area contributed by atoms with Gasteiger partial charge in [-0.15, -0.1) is 11.3 Å². The van der Waals surface area contributed by atoms with Crippen LogP contribution in [0.5, 0.6) is 0 Å². The molecule has 0 aliphatic heterocycles. The molecule has 1 aromatic heterocycles. The molecule has 1 N–H and O–H groups in total. The number of ether oxygens (including phenoxy) is 1. The summed E-state index contributed by atoms with van der Waals surface area (Å²) in [5, 5.41) is 3.88. The largest absolute Gasteiger partial charge is 0.465 e. The molecule has 0 unspecified atom stereocenters. The van der Waals surface area contributed by atoms with Crippen molar-refractivity contribution in [3.63, 3.8) is 0 Å². The van der Waals surface area contributed by atoms with Crippen LogP contribution in [0.15, 0.2) is 0 Å². The lowest BCUT2D eigenvalue weighted by Gasteiger charge is -2.36. The standard InChI is InChI=1S/C23H33NO3S/c1-5-23(2,3)15-8-9-16-18(12-15)28-21(19(16)22(26)27-4)24-20(25)17-11-13-6-7-14(17)10-13/h13-15,17H,5-12H2,1-4H3,(H,24,25)/t13-,14-,15-,17+/m0/s1. The third-order valence-corrected chi connectivity index (χ3v) is 9.15. The van der Waals surface area contributed by atoms with Gasteiger partial charge in [0.05, 0.1) is 12.7 Å². The fourth-order valence-corrected chi connectivity index (χ4v) is 7.04. The third-order valence-electron chi connectivity index (χ3n) is 7.98. The molecule has 4 nitrogen and oxygen atoms in total. The lowest BCUT2D eigenvalue weighted by Crippen LogP contribution is -2.29. The molecule has 28 heavy (non-hydrogen) atoms. The fraction of sp³-hybridized carbons (Fsp3) is 0.739. The van der Waals surface area contributed by atoms with Crippen molar-refractivity contribution in [2.75, 3.05) is 12.4 Å². The van der Waals surface area contributed by atoms with Crippen LogP contribution >= 0.6 is 11.3 Å². The van der Waals surface area contributed by atoms with E-state index in [0.29, 0.717) is 22.8 Å². The maximum absolute atomic E-state index is 13.0. The number of carbonyl (C=O) groups is 2. The first-order valence-corrected chi connectivity index (χ1v) is 11.7. The van der Waals surface area contributed by atoms with E-state index in [-0.39, 0.29) is 17.8 Å². The van der Waals surface area contributed by atoms with Crippen LogP contribution < -0.4 is 5.32 Å². The molecule has 4 atom stereocenters. The summed E-state index contributed by atoms with van der Waals surface area (Å²) < 4.78 is 5.09. The molecular formula is C23H33NO3S. The van der Waals surface area contributed by atoms with E-state index in [1.807, 2.05) is 0 Å². The Bertz CT molecular complexity index is 781. The molecule has 2 fully saturated rings. The number of amides is 1. The molecule has 1 aromatic rings. The van der Waals surface area contributed by atoms with Gasteiger partial charge in [-0.05, 0) is 67.3 Å². The van der Waals surface area contributed by atoms with E-state index < -0.39 is 0 Å². The highest BCUT2D eigenvalue weighted by molar-refractivity contribution is 7.17. The number of hydrogen-bond donors (Lipinski definition) is 1. The molecule has 1 heterocycles. The normalized spacial score (nSPS) is 28.9. The minimum absolute atomic E-state index is 0.112. The smallest absolute Gasteiger partial charge is 0.341 e. The van der Waals surface area contributed by atoms with Crippen LogP contribution in [0.3, 0.4) is 0 Å². The van der Waals surface area contributed by atoms with Gasteiger partial charge in [0, 0.05) is 10.8 Å². The van der Waals surface area contributed by atoms with Crippen molar-refractivity contribution in [2.45, 2.75) is 72.1 Å². The number of nitrogens with one attached hydrogen (secondary N) is 1. The molecular weight excluding hydrogens is 370 g/mol. The van der Waals surface area contributed by atoms with Gasteiger partial charge in [-0.3, -0.25) is 4.79 Å². The average molecular weight is 404 g/mol. The number of rotatable bonds is 5. The van der Waals surface area contributed by atoms with Crippen LogP contribution in [0.25, 0.3) is 0 Å². The Morgan fingerprint density at radius 1 is 1.21 bits per heavy atom. The van der Waals surface area contributed by atoms with Gasteiger partial charge in [0.15, 0.2) is 0 Å². The second kappa shape index (κ2) is 7.47. The zero-order valence-corrected chi connectivity index (χ0v) is 18.4. The van der Waals surface area contributed by atoms with Crippen LogP contribution in [0.1, 0.15) is 80.1 Å². The van der Waals surface area contributed by atoms with Gasteiger partial charge in [0.25, 0.3) is 0 Å². The van der Waals surface area contributed by atoms with E-state index in [9.17, 15) is 9.59 Å². The van der Waals surface area contributed by atoms with Crippen molar-refractivity contribution < 1.29 is 14.3 Å². The average Bonchev–Trinajstić information content (AvgIpc) is 3.40. The maximum atomic E-state index is 13.0. The summed E-state index contributed by atoms with van der Waals surface area (Å²) in [6, 6.07) is 0. The van der Waals surface area contributed by atoms with E-state index in [1.54, 1.807) is 11.3 Å². The van der Waals surface area contributed by atoms with E-state index in [0.717, 1.165) is 48.6 Å². The summed E-state index contributed by atoms with van der Waals surface area (Å²) in [5.74, 6) is 1.80. The van der Waals surface area contributed by atoms with Gasteiger partial charge in [-0.25, -0.2) is 4.79 Å². The summed E-state index contributed by atoms with van der Waals surface area (Å²) in [5.41, 5.74) is 2.02. The molecule has 154 valence electrons. The molecule has 0 saturated heterocycles. The van der Waals surface area contributed by atoms with Crippen molar-refractivity contribution in [2.24, 2.45) is 29.1 Å². The van der Waals surface area contributed by atoms with Crippen molar-refractivity contribution in [3.8, 4) is 0 Å². The number of methoxy groups -OCH3 is 1. The molecule has 3 aliphatic rings. The van der Waals surface area contributed by atoms with E-state index in [1.165, 1.54) is 31.2 Å². The summed E-state index contributed by atoms with van der Waals surface area (Å²) in [6.07, 6.45) is 8.82. The van der Waals surface area contributed by atoms with Crippen LogP contribution in [0.2, 0.25) is 0 Å².